The highest BCUT2D eigenvalue weighted by Gasteiger charge is 2.30. The van der Waals surface area contributed by atoms with Gasteiger partial charge in [0.2, 0.25) is 0 Å². The van der Waals surface area contributed by atoms with Crippen molar-refractivity contribution in [2.75, 3.05) is 5.73 Å². The molecule has 0 aromatic heterocycles. The van der Waals surface area contributed by atoms with Crippen molar-refractivity contribution in [2.24, 2.45) is 5.73 Å². The normalized spacial score (nSPS) is 14.8. The van der Waals surface area contributed by atoms with Crippen molar-refractivity contribution in [3.63, 3.8) is 0 Å². The summed E-state index contributed by atoms with van der Waals surface area (Å²) in [6.07, 6.45) is 0. The van der Waals surface area contributed by atoms with E-state index in [1.807, 2.05) is 6.92 Å². The second kappa shape index (κ2) is 3.31. The fraction of sp³-hybridized carbons (Fsp3) is 0.300. The number of anilines is 1. The zero-order valence-electron chi connectivity index (χ0n) is 8.24. The summed E-state index contributed by atoms with van der Waals surface area (Å²) in [6, 6.07) is 5.00. The molecule has 0 aliphatic rings. The summed E-state index contributed by atoms with van der Waals surface area (Å²) in [7, 11) is 0. The molecule has 14 heavy (non-hydrogen) atoms. The molecule has 0 fully saturated rings. The smallest absolute Gasteiger partial charge is 0.328 e. The van der Waals surface area contributed by atoms with Crippen molar-refractivity contribution < 1.29 is 9.90 Å². The molecule has 0 radical (unpaired) electrons. The fourth-order valence-electron chi connectivity index (χ4n) is 1.12. The molecule has 0 heterocycles. The summed E-state index contributed by atoms with van der Waals surface area (Å²) in [5.41, 5.74) is 11.9. The molecule has 1 aromatic rings. The first-order valence-corrected chi connectivity index (χ1v) is 4.24. The molecule has 0 saturated heterocycles. The number of rotatable bonds is 2. The van der Waals surface area contributed by atoms with Crippen molar-refractivity contribution in [3.8, 4) is 0 Å². The van der Waals surface area contributed by atoms with Crippen LogP contribution in [0.4, 0.5) is 5.69 Å². The van der Waals surface area contributed by atoms with E-state index in [1.54, 1.807) is 18.2 Å². The van der Waals surface area contributed by atoms with E-state index < -0.39 is 11.5 Å². The number of nitrogen functional groups attached to an aromatic ring is 1. The quantitative estimate of drug-likeness (QED) is 0.608. The Morgan fingerprint density at radius 3 is 2.50 bits per heavy atom. The van der Waals surface area contributed by atoms with Gasteiger partial charge in [-0.1, -0.05) is 12.1 Å². The van der Waals surface area contributed by atoms with Crippen LogP contribution in [0.1, 0.15) is 18.1 Å². The van der Waals surface area contributed by atoms with Gasteiger partial charge >= 0.3 is 5.97 Å². The Balaban J connectivity index is 3.21. The molecular weight excluding hydrogens is 180 g/mol. The van der Waals surface area contributed by atoms with Gasteiger partial charge in [0, 0.05) is 5.69 Å². The van der Waals surface area contributed by atoms with Gasteiger partial charge in [-0.05, 0) is 31.0 Å². The standard InChI is InChI=1S/C10H14N2O2/c1-6-5-7(3-4-8(6)11)10(2,12)9(13)14/h3-5H,11-12H2,1-2H3,(H,13,14). The van der Waals surface area contributed by atoms with E-state index >= 15 is 0 Å². The topological polar surface area (TPSA) is 89.3 Å². The van der Waals surface area contributed by atoms with Gasteiger partial charge in [-0.25, -0.2) is 4.79 Å². The SMILES string of the molecule is Cc1cc(C(C)(N)C(=O)O)ccc1N. The number of hydrogen-bond acceptors (Lipinski definition) is 3. The highest BCUT2D eigenvalue weighted by molar-refractivity contribution is 5.80. The molecule has 1 unspecified atom stereocenters. The van der Waals surface area contributed by atoms with Gasteiger partial charge in [-0.2, -0.15) is 0 Å². The number of benzene rings is 1. The van der Waals surface area contributed by atoms with Crippen LogP contribution in [0.2, 0.25) is 0 Å². The molecule has 76 valence electrons. The molecule has 0 saturated carbocycles. The Bertz CT molecular complexity index is 372. The van der Waals surface area contributed by atoms with Crippen LogP contribution in [-0.2, 0) is 10.3 Å². The molecule has 1 aromatic carbocycles. The minimum atomic E-state index is -1.36. The maximum Gasteiger partial charge on any atom is 0.328 e. The van der Waals surface area contributed by atoms with E-state index in [2.05, 4.69) is 0 Å². The van der Waals surface area contributed by atoms with Gasteiger partial charge in [-0.15, -0.1) is 0 Å². The molecule has 0 spiro atoms. The average Bonchev–Trinajstić information content (AvgIpc) is 2.09. The summed E-state index contributed by atoms with van der Waals surface area (Å²) in [4.78, 5) is 10.9. The molecule has 0 bridgehead atoms. The first kappa shape index (κ1) is 10.5. The van der Waals surface area contributed by atoms with Gasteiger partial charge in [0.15, 0.2) is 0 Å². The van der Waals surface area contributed by atoms with Crippen LogP contribution in [0.5, 0.6) is 0 Å². The van der Waals surface area contributed by atoms with Crippen LogP contribution >= 0.6 is 0 Å². The zero-order chi connectivity index (χ0) is 10.9. The maximum absolute atomic E-state index is 10.9. The Hall–Kier alpha value is -1.55. The summed E-state index contributed by atoms with van der Waals surface area (Å²) >= 11 is 0. The van der Waals surface area contributed by atoms with E-state index in [-0.39, 0.29) is 0 Å². The van der Waals surface area contributed by atoms with Crippen molar-refractivity contribution in [1.82, 2.24) is 0 Å². The molecule has 0 aliphatic carbocycles. The molecular formula is C10H14N2O2. The Kier molecular flexibility index (Phi) is 2.49. The first-order chi connectivity index (χ1) is 6.35. The van der Waals surface area contributed by atoms with E-state index in [1.165, 1.54) is 6.92 Å². The molecule has 1 rings (SSSR count). The minimum Gasteiger partial charge on any atom is -0.480 e. The summed E-state index contributed by atoms with van der Waals surface area (Å²) in [5.74, 6) is -1.05. The monoisotopic (exact) mass is 194 g/mol. The second-order valence-electron chi connectivity index (χ2n) is 3.58. The molecule has 4 heteroatoms. The van der Waals surface area contributed by atoms with Crippen molar-refractivity contribution in [1.29, 1.82) is 0 Å². The average molecular weight is 194 g/mol. The predicted molar refractivity (Wildman–Crippen MR) is 54.8 cm³/mol. The number of carboxylic acids is 1. The number of carboxylic acid groups (broad SMARTS) is 1. The van der Waals surface area contributed by atoms with Gasteiger partial charge in [0.1, 0.15) is 5.54 Å². The van der Waals surface area contributed by atoms with Crippen LogP contribution in [0, 0.1) is 6.92 Å². The van der Waals surface area contributed by atoms with E-state index in [9.17, 15) is 4.79 Å². The van der Waals surface area contributed by atoms with Gasteiger partial charge in [0.05, 0.1) is 0 Å². The van der Waals surface area contributed by atoms with Gasteiger partial charge in [0.25, 0.3) is 0 Å². The van der Waals surface area contributed by atoms with E-state index in [0.29, 0.717) is 11.3 Å². The highest BCUT2D eigenvalue weighted by Crippen LogP contribution is 2.21. The lowest BCUT2D eigenvalue weighted by molar-refractivity contribution is -0.143. The molecule has 0 amide bonds. The Morgan fingerprint density at radius 1 is 1.50 bits per heavy atom. The number of aryl methyl sites for hydroxylation is 1. The lowest BCUT2D eigenvalue weighted by Gasteiger charge is -2.20. The zero-order valence-corrected chi connectivity index (χ0v) is 8.24. The lowest BCUT2D eigenvalue weighted by atomic mass is 9.92. The molecule has 1 atom stereocenters. The third kappa shape index (κ3) is 1.70. The van der Waals surface area contributed by atoms with Crippen molar-refractivity contribution in [2.45, 2.75) is 19.4 Å². The van der Waals surface area contributed by atoms with Crippen molar-refractivity contribution in [3.05, 3.63) is 29.3 Å². The number of carbonyl (C=O) groups is 1. The second-order valence-corrected chi connectivity index (χ2v) is 3.58. The van der Waals surface area contributed by atoms with Crippen LogP contribution < -0.4 is 11.5 Å². The molecule has 4 nitrogen and oxygen atoms in total. The lowest BCUT2D eigenvalue weighted by Crippen LogP contribution is -2.41. The van der Waals surface area contributed by atoms with Crippen molar-refractivity contribution >= 4 is 11.7 Å². The Labute approximate surface area is 82.5 Å². The van der Waals surface area contributed by atoms with Crippen LogP contribution in [0.3, 0.4) is 0 Å². The predicted octanol–water partition coefficient (Wildman–Crippen LogP) is 0.836. The largest absolute Gasteiger partial charge is 0.480 e. The summed E-state index contributed by atoms with van der Waals surface area (Å²) < 4.78 is 0. The maximum atomic E-state index is 10.9. The molecule has 5 N–H and O–H groups in total. The Morgan fingerprint density at radius 2 is 2.07 bits per heavy atom. The number of hydrogen-bond donors (Lipinski definition) is 3. The molecule has 0 aliphatic heterocycles. The van der Waals surface area contributed by atoms with Crippen LogP contribution in [0.15, 0.2) is 18.2 Å². The fourth-order valence-corrected chi connectivity index (χ4v) is 1.12. The van der Waals surface area contributed by atoms with Gasteiger partial charge < -0.3 is 16.6 Å². The summed E-state index contributed by atoms with van der Waals surface area (Å²) in [5, 5.41) is 8.90. The summed E-state index contributed by atoms with van der Waals surface area (Å²) in [6.45, 7) is 3.27. The third-order valence-electron chi connectivity index (χ3n) is 2.31. The third-order valence-corrected chi connectivity index (χ3v) is 2.31. The van der Waals surface area contributed by atoms with Gasteiger partial charge in [-0.3, -0.25) is 0 Å². The van der Waals surface area contributed by atoms with E-state index in [0.717, 1.165) is 5.56 Å². The van der Waals surface area contributed by atoms with Crippen LogP contribution in [-0.4, -0.2) is 11.1 Å². The number of aliphatic carboxylic acids is 1. The first-order valence-electron chi connectivity index (χ1n) is 4.24. The van der Waals surface area contributed by atoms with E-state index in [4.69, 9.17) is 16.6 Å². The number of nitrogens with two attached hydrogens (primary N) is 2. The minimum absolute atomic E-state index is 0.553. The van der Waals surface area contributed by atoms with Crippen LogP contribution in [0.25, 0.3) is 0 Å². The highest BCUT2D eigenvalue weighted by atomic mass is 16.4.